The highest BCUT2D eigenvalue weighted by Crippen LogP contribution is 2.43. The van der Waals surface area contributed by atoms with E-state index in [1.54, 1.807) is 0 Å². The zero-order chi connectivity index (χ0) is 12.5. The van der Waals surface area contributed by atoms with Gasteiger partial charge in [0, 0.05) is 12.5 Å². The van der Waals surface area contributed by atoms with E-state index in [0.29, 0.717) is 12.8 Å². The van der Waals surface area contributed by atoms with Crippen LogP contribution in [0.4, 0.5) is 8.78 Å². The Kier molecular flexibility index (Phi) is 3.13. The molecule has 1 aromatic rings. The summed E-state index contributed by atoms with van der Waals surface area (Å²) >= 11 is 0. The summed E-state index contributed by atoms with van der Waals surface area (Å²) < 4.78 is 32.3. The van der Waals surface area contributed by atoms with Crippen LogP contribution in [0.15, 0.2) is 18.2 Å². The predicted molar refractivity (Wildman–Crippen MR) is 58.3 cm³/mol. The molecule has 17 heavy (non-hydrogen) atoms. The molecule has 1 aliphatic carbocycles. The lowest BCUT2D eigenvalue weighted by Crippen LogP contribution is -2.29. The van der Waals surface area contributed by atoms with Crippen LogP contribution < -0.4 is 0 Å². The smallest absolute Gasteiger partial charge is 0.303 e. The molecule has 92 valence electrons. The average Bonchev–Trinajstić information content (AvgIpc) is 2.70. The number of hydrogen-bond acceptors (Lipinski definition) is 2. The van der Waals surface area contributed by atoms with Crippen LogP contribution in [-0.2, 0) is 15.1 Å². The van der Waals surface area contributed by atoms with Crippen molar-refractivity contribution in [2.75, 3.05) is 0 Å². The maximum Gasteiger partial charge on any atom is 0.303 e. The van der Waals surface area contributed by atoms with Gasteiger partial charge in [-0.25, -0.2) is 8.78 Å². The number of carbonyl (C=O) groups excluding carboxylic acids is 1. The molecule has 0 saturated heterocycles. The van der Waals surface area contributed by atoms with Crippen molar-refractivity contribution in [2.45, 2.75) is 38.2 Å². The molecule has 0 radical (unpaired) electrons. The summed E-state index contributed by atoms with van der Waals surface area (Å²) in [5, 5.41) is 0. The van der Waals surface area contributed by atoms with Crippen LogP contribution in [0, 0.1) is 11.6 Å². The van der Waals surface area contributed by atoms with Gasteiger partial charge in [-0.15, -0.1) is 0 Å². The summed E-state index contributed by atoms with van der Waals surface area (Å²) in [5.41, 5.74) is -0.817. The van der Waals surface area contributed by atoms with Crippen molar-refractivity contribution in [3.8, 4) is 0 Å². The van der Waals surface area contributed by atoms with Gasteiger partial charge in [0.05, 0.1) is 0 Å². The molecule has 0 aromatic heterocycles. The molecule has 2 nitrogen and oxygen atoms in total. The fourth-order valence-electron chi connectivity index (χ4n) is 2.50. The summed E-state index contributed by atoms with van der Waals surface area (Å²) in [5.74, 6) is -2.27. The molecule has 0 heterocycles. The van der Waals surface area contributed by atoms with E-state index >= 15 is 0 Å². The van der Waals surface area contributed by atoms with Crippen LogP contribution in [-0.4, -0.2) is 5.97 Å². The second kappa shape index (κ2) is 4.43. The largest absolute Gasteiger partial charge is 0.454 e. The molecule has 0 atom stereocenters. The van der Waals surface area contributed by atoms with Crippen LogP contribution in [0.2, 0.25) is 0 Å². The fourth-order valence-corrected chi connectivity index (χ4v) is 2.50. The fraction of sp³-hybridized carbons (Fsp3) is 0.462. The maximum absolute atomic E-state index is 13.8. The van der Waals surface area contributed by atoms with Gasteiger partial charge in [-0.2, -0.15) is 0 Å². The second-order valence-corrected chi connectivity index (χ2v) is 4.40. The van der Waals surface area contributed by atoms with Crippen molar-refractivity contribution in [3.63, 3.8) is 0 Å². The van der Waals surface area contributed by atoms with E-state index in [-0.39, 0.29) is 5.56 Å². The number of hydrogen-bond donors (Lipinski definition) is 0. The van der Waals surface area contributed by atoms with Crippen molar-refractivity contribution in [2.24, 2.45) is 0 Å². The summed E-state index contributed by atoms with van der Waals surface area (Å²) in [7, 11) is 0. The van der Waals surface area contributed by atoms with Gasteiger partial charge in [0.15, 0.2) is 11.6 Å². The molecule has 0 bridgehead atoms. The minimum absolute atomic E-state index is 0.158. The van der Waals surface area contributed by atoms with E-state index in [1.165, 1.54) is 19.1 Å². The van der Waals surface area contributed by atoms with Gasteiger partial charge in [-0.1, -0.05) is 12.1 Å². The molecule has 4 heteroatoms. The molecule has 1 aliphatic rings. The van der Waals surface area contributed by atoms with E-state index in [0.717, 1.165) is 18.9 Å². The van der Waals surface area contributed by atoms with Crippen molar-refractivity contribution in [1.29, 1.82) is 0 Å². The van der Waals surface area contributed by atoms with E-state index in [9.17, 15) is 13.6 Å². The number of halogens is 2. The Bertz CT molecular complexity index is 437. The summed E-state index contributed by atoms with van der Waals surface area (Å²) in [4.78, 5) is 11.1. The van der Waals surface area contributed by atoms with Crippen LogP contribution in [0.5, 0.6) is 0 Å². The lowest BCUT2D eigenvalue weighted by Gasteiger charge is -2.29. The quantitative estimate of drug-likeness (QED) is 0.741. The third-order valence-electron chi connectivity index (χ3n) is 3.19. The highest BCUT2D eigenvalue weighted by atomic mass is 19.2. The van der Waals surface area contributed by atoms with E-state index in [2.05, 4.69) is 0 Å². The number of benzene rings is 1. The average molecular weight is 240 g/mol. The Hall–Kier alpha value is -1.45. The van der Waals surface area contributed by atoms with Crippen LogP contribution >= 0.6 is 0 Å². The normalized spacial score (nSPS) is 18.1. The molecule has 0 aliphatic heterocycles. The molecule has 0 amide bonds. The molecular formula is C13H14F2O2. The minimum atomic E-state index is -0.974. The number of rotatable bonds is 2. The van der Waals surface area contributed by atoms with Gasteiger partial charge in [0.25, 0.3) is 0 Å². The Morgan fingerprint density at radius 2 is 1.94 bits per heavy atom. The Labute approximate surface area is 98.6 Å². The standard InChI is InChI=1S/C13H14F2O2/c1-9(16)17-13(7-2-3-8-13)10-5-4-6-11(14)12(10)15/h4-6H,2-3,7-8H2,1H3. The van der Waals surface area contributed by atoms with Gasteiger partial charge in [0.2, 0.25) is 0 Å². The van der Waals surface area contributed by atoms with Gasteiger partial charge in [0.1, 0.15) is 5.60 Å². The Balaban J connectivity index is 2.45. The second-order valence-electron chi connectivity index (χ2n) is 4.40. The lowest BCUT2D eigenvalue weighted by molar-refractivity contribution is -0.158. The summed E-state index contributed by atoms with van der Waals surface area (Å²) in [6.45, 7) is 1.29. The number of esters is 1. The first-order valence-corrected chi connectivity index (χ1v) is 5.69. The highest BCUT2D eigenvalue weighted by Gasteiger charge is 2.41. The van der Waals surface area contributed by atoms with Crippen LogP contribution in [0.3, 0.4) is 0 Å². The van der Waals surface area contributed by atoms with E-state index < -0.39 is 23.2 Å². The van der Waals surface area contributed by atoms with Crippen LogP contribution in [0.1, 0.15) is 38.2 Å². The predicted octanol–water partition coefficient (Wildman–Crippen LogP) is 3.30. The lowest BCUT2D eigenvalue weighted by atomic mass is 9.91. The number of carbonyl (C=O) groups is 1. The van der Waals surface area contributed by atoms with E-state index in [1.807, 2.05) is 0 Å². The number of ether oxygens (including phenoxy) is 1. The molecule has 2 rings (SSSR count). The maximum atomic E-state index is 13.8. The summed E-state index contributed by atoms with van der Waals surface area (Å²) in [6.07, 6.45) is 2.80. The highest BCUT2D eigenvalue weighted by molar-refractivity contribution is 5.67. The van der Waals surface area contributed by atoms with Crippen LogP contribution in [0.25, 0.3) is 0 Å². The zero-order valence-corrected chi connectivity index (χ0v) is 9.63. The zero-order valence-electron chi connectivity index (χ0n) is 9.63. The molecule has 1 aromatic carbocycles. The molecular weight excluding hydrogens is 226 g/mol. The van der Waals surface area contributed by atoms with Gasteiger partial charge in [-0.3, -0.25) is 4.79 Å². The summed E-state index contributed by atoms with van der Waals surface area (Å²) in [6, 6.07) is 4.00. The monoisotopic (exact) mass is 240 g/mol. The Morgan fingerprint density at radius 3 is 2.53 bits per heavy atom. The van der Waals surface area contributed by atoms with Crippen molar-refractivity contribution < 1.29 is 18.3 Å². The molecule has 0 N–H and O–H groups in total. The SMILES string of the molecule is CC(=O)OC1(c2cccc(F)c2F)CCCC1. The van der Waals surface area contributed by atoms with Crippen molar-refractivity contribution >= 4 is 5.97 Å². The molecule has 0 unspecified atom stereocenters. The van der Waals surface area contributed by atoms with Gasteiger partial charge >= 0.3 is 5.97 Å². The first-order chi connectivity index (χ1) is 8.05. The first-order valence-electron chi connectivity index (χ1n) is 5.69. The molecule has 1 saturated carbocycles. The van der Waals surface area contributed by atoms with Crippen molar-refractivity contribution in [3.05, 3.63) is 35.4 Å². The Morgan fingerprint density at radius 1 is 1.29 bits per heavy atom. The minimum Gasteiger partial charge on any atom is -0.454 e. The first kappa shape index (κ1) is 12.0. The third kappa shape index (κ3) is 2.16. The molecule has 1 fully saturated rings. The topological polar surface area (TPSA) is 26.3 Å². The molecule has 0 spiro atoms. The van der Waals surface area contributed by atoms with Gasteiger partial charge in [-0.05, 0) is 31.7 Å². The van der Waals surface area contributed by atoms with E-state index in [4.69, 9.17) is 4.74 Å². The third-order valence-corrected chi connectivity index (χ3v) is 3.19. The van der Waals surface area contributed by atoms with Crippen molar-refractivity contribution in [1.82, 2.24) is 0 Å². The van der Waals surface area contributed by atoms with Gasteiger partial charge < -0.3 is 4.74 Å².